The topological polar surface area (TPSA) is 48.2 Å². The molecule has 0 bridgehead atoms. The molecule has 0 unspecified atom stereocenters. The van der Waals surface area contributed by atoms with Crippen LogP contribution in [0.15, 0.2) is 41.8 Å². The monoisotopic (exact) mass is 278 g/mol. The molecule has 0 saturated carbocycles. The molecule has 2 N–H and O–H groups in total. The van der Waals surface area contributed by atoms with Crippen LogP contribution >= 0.6 is 0 Å². The zero-order valence-electron chi connectivity index (χ0n) is 11.0. The number of H-pyrrole nitrogens is 1. The number of halogens is 2. The normalized spacial score (nSPS) is 24.0. The molecule has 3 rings (SSSR count). The molecule has 104 valence electrons. The molecule has 0 spiro atoms. The molecule has 3 heterocycles. The fourth-order valence-electron chi connectivity index (χ4n) is 2.08. The Labute approximate surface area is 114 Å². The second kappa shape index (κ2) is 4.36. The van der Waals surface area contributed by atoms with Crippen molar-refractivity contribution in [3.63, 3.8) is 0 Å². The molecule has 20 heavy (non-hydrogen) atoms. The smallest absolute Gasteiger partial charge is 0.626 e. The molecule has 0 radical (unpaired) electrons. The van der Waals surface area contributed by atoms with E-state index in [2.05, 4.69) is 19.3 Å². The van der Waals surface area contributed by atoms with Gasteiger partial charge in [0.25, 0.3) is 0 Å². The van der Waals surface area contributed by atoms with Crippen molar-refractivity contribution in [2.45, 2.75) is 13.8 Å². The van der Waals surface area contributed by atoms with E-state index in [1.54, 1.807) is 24.3 Å². The number of allylic oxidation sites excluding steroid dienone is 3. The Bertz CT molecular complexity index is 686. The Hall–Kier alpha value is -2.31. The Balaban J connectivity index is 2.06. The molecular weight excluding hydrogens is 265 g/mol. The number of hydrogen-bond donors (Lipinski definition) is 2. The van der Waals surface area contributed by atoms with Crippen molar-refractivity contribution in [1.82, 2.24) is 4.98 Å². The van der Waals surface area contributed by atoms with Gasteiger partial charge in [0.1, 0.15) is 5.76 Å². The first-order chi connectivity index (χ1) is 9.43. The molecule has 1 aromatic heterocycles. The second-order valence-corrected chi connectivity index (χ2v) is 4.75. The first kappa shape index (κ1) is 12.7. The third-order valence-corrected chi connectivity index (χ3v) is 2.99. The number of nitrogens with one attached hydrogen (secondary N) is 2. The largest absolute Gasteiger partial charge is 0.726 e. The van der Waals surface area contributed by atoms with Crippen LogP contribution in [0.25, 0.3) is 5.76 Å². The van der Waals surface area contributed by atoms with Crippen LogP contribution in [0.3, 0.4) is 0 Å². The number of rotatable bonds is 1. The minimum atomic E-state index is -4.38. The SMILES string of the molecule is CC1=[NH+]/C(=C2/C=C(c3ccc(C)[nH]3)O[B-](F)(F)O2)C=C1. The van der Waals surface area contributed by atoms with Gasteiger partial charge >= 0.3 is 7.11 Å². The number of aryl methyl sites for hydroxylation is 1. The molecule has 1 aromatic rings. The Morgan fingerprint density at radius 1 is 1.15 bits per heavy atom. The lowest BCUT2D eigenvalue weighted by Gasteiger charge is -2.33. The summed E-state index contributed by atoms with van der Waals surface area (Å²) in [4.78, 5) is 5.93. The predicted molar refractivity (Wildman–Crippen MR) is 71.5 cm³/mol. The lowest BCUT2D eigenvalue weighted by molar-refractivity contribution is -0.389. The van der Waals surface area contributed by atoms with Gasteiger partial charge in [-0.2, -0.15) is 0 Å². The van der Waals surface area contributed by atoms with Crippen LogP contribution in [-0.4, -0.2) is 17.8 Å². The highest BCUT2D eigenvalue weighted by Gasteiger charge is 2.39. The fourth-order valence-corrected chi connectivity index (χ4v) is 2.08. The van der Waals surface area contributed by atoms with Gasteiger partial charge in [0, 0.05) is 30.8 Å². The summed E-state index contributed by atoms with van der Waals surface area (Å²) < 4.78 is 36.5. The van der Waals surface area contributed by atoms with Crippen LogP contribution in [0.4, 0.5) is 8.63 Å². The Kier molecular flexibility index (Phi) is 2.77. The molecule has 0 atom stereocenters. The molecule has 2 aliphatic heterocycles. The summed E-state index contributed by atoms with van der Waals surface area (Å²) in [5, 5.41) is 0. The summed E-state index contributed by atoms with van der Waals surface area (Å²) in [6.07, 6.45) is 4.94. The molecule has 0 aliphatic carbocycles. The molecule has 0 amide bonds. The zero-order chi connectivity index (χ0) is 14.3. The molecule has 0 aromatic carbocycles. The van der Waals surface area contributed by atoms with Gasteiger partial charge in [0.2, 0.25) is 5.70 Å². The standard InChI is InChI=1S/C13H12BF2N2O2/c1-8-3-5-10(17-8)12-7-13(20-14(15,16)19-12)11-6-4-9(2)18-11/h3-7,17H,1-2H3/q-1/p+1/b13-11-. The maximum Gasteiger partial charge on any atom is 0.726 e. The number of aromatic amines is 1. The van der Waals surface area contributed by atoms with Gasteiger partial charge < -0.3 is 22.9 Å². The lowest BCUT2D eigenvalue weighted by Crippen LogP contribution is -2.67. The summed E-state index contributed by atoms with van der Waals surface area (Å²) in [5.74, 6) is 0.133. The van der Waals surface area contributed by atoms with Gasteiger partial charge in [0.15, 0.2) is 11.5 Å². The molecular formula is C13H13BF2N2O2. The first-order valence-electron chi connectivity index (χ1n) is 6.21. The van der Waals surface area contributed by atoms with Crippen LogP contribution in [-0.2, 0) is 9.31 Å². The molecule has 4 nitrogen and oxygen atoms in total. The summed E-state index contributed by atoms with van der Waals surface area (Å²) in [6, 6.07) is 3.48. The minimum Gasteiger partial charge on any atom is -0.626 e. The number of hydrogen-bond acceptors (Lipinski definition) is 2. The highest BCUT2D eigenvalue weighted by atomic mass is 19.3. The van der Waals surface area contributed by atoms with Crippen LogP contribution in [0, 0.1) is 6.92 Å². The molecule has 0 fully saturated rings. The van der Waals surface area contributed by atoms with Crippen molar-refractivity contribution >= 4 is 18.6 Å². The zero-order valence-corrected chi connectivity index (χ0v) is 11.0. The van der Waals surface area contributed by atoms with E-state index in [1.807, 2.05) is 13.8 Å². The van der Waals surface area contributed by atoms with Gasteiger partial charge in [-0.3, -0.25) is 0 Å². The Morgan fingerprint density at radius 3 is 2.55 bits per heavy atom. The molecule has 2 aliphatic rings. The van der Waals surface area contributed by atoms with Gasteiger partial charge in [0.05, 0.1) is 5.69 Å². The highest BCUT2D eigenvalue weighted by Crippen LogP contribution is 2.32. The van der Waals surface area contributed by atoms with E-state index in [0.717, 1.165) is 11.4 Å². The van der Waals surface area contributed by atoms with Crippen molar-refractivity contribution < 1.29 is 22.9 Å². The van der Waals surface area contributed by atoms with E-state index in [1.165, 1.54) is 6.08 Å². The average Bonchev–Trinajstić information content (AvgIpc) is 2.96. The van der Waals surface area contributed by atoms with Gasteiger partial charge in [-0.05, 0) is 19.1 Å². The van der Waals surface area contributed by atoms with E-state index < -0.39 is 7.11 Å². The van der Waals surface area contributed by atoms with Crippen LogP contribution < -0.4 is 4.99 Å². The van der Waals surface area contributed by atoms with Crippen LogP contribution in [0.2, 0.25) is 0 Å². The first-order valence-corrected chi connectivity index (χ1v) is 6.21. The lowest BCUT2D eigenvalue weighted by atomic mass is 10.1. The summed E-state index contributed by atoms with van der Waals surface area (Å²) in [6.45, 7) is 3.68. The number of aromatic nitrogens is 1. The average molecular weight is 278 g/mol. The molecule has 0 saturated heterocycles. The highest BCUT2D eigenvalue weighted by molar-refractivity contribution is 6.53. The summed E-state index contributed by atoms with van der Waals surface area (Å²) in [7, 11) is -4.38. The van der Waals surface area contributed by atoms with Gasteiger partial charge in [-0.1, -0.05) is 0 Å². The van der Waals surface area contributed by atoms with Crippen molar-refractivity contribution in [3.8, 4) is 0 Å². The second-order valence-electron chi connectivity index (χ2n) is 4.75. The molecule has 7 heteroatoms. The van der Waals surface area contributed by atoms with Crippen molar-refractivity contribution in [1.29, 1.82) is 0 Å². The maximum atomic E-state index is 13.6. The quantitative estimate of drug-likeness (QED) is 0.763. The van der Waals surface area contributed by atoms with Crippen molar-refractivity contribution in [2.24, 2.45) is 0 Å². The maximum absolute atomic E-state index is 13.6. The summed E-state index contributed by atoms with van der Waals surface area (Å²) in [5.41, 5.74) is 2.72. The van der Waals surface area contributed by atoms with E-state index >= 15 is 0 Å². The van der Waals surface area contributed by atoms with Crippen LogP contribution in [0.5, 0.6) is 0 Å². The van der Waals surface area contributed by atoms with E-state index in [4.69, 9.17) is 0 Å². The fraction of sp³-hybridized carbons (Fsp3) is 0.154. The minimum absolute atomic E-state index is 0.0663. The van der Waals surface area contributed by atoms with Crippen molar-refractivity contribution in [3.05, 3.63) is 53.2 Å². The van der Waals surface area contributed by atoms with E-state index in [-0.39, 0.29) is 11.5 Å². The van der Waals surface area contributed by atoms with Crippen molar-refractivity contribution in [2.75, 3.05) is 0 Å². The third-order valence-electron chi connectivity index (χ3n) is 2.99. The van der Waals surface area contributed by atoms with E-state index in [0.29, 0.717) is 11.4 Å². The summed E-state index contributed by atoms with van der Waals surface area (Å²) >= 11 is 0. The van der Waals surface area contributed by atoms with Gasteiger partial charge in [-0.25, -0.2) is 4.99 Å². The third kappa shape index (κ3) is 2.39. The van der Waals surface area contributed by atoms with Gasteiger partial charge in [-0.15, -0.1) is 0 Å². The van der Waals surface area contributed by atoms with E-state index in [9.17, 15) is 8.63 Å². The predicted octanol–water partition coefficient (Wildman–Crippen LogP) is 1.41. The van der Waals surface area contributed by atoms with Crippen LogP contribution in [0.1, 0.15) is 18.3 Å². The Morgan fingerprint density at radius 2 is 1.95 bits per heavy atom.